The monoisotopic (exact) mass is 320 g/mol. The van der Waals surface area contributed by atoms with Gasteiger partial charge in [0.05, 0.1) is 26.3 Å². The zero-order chi connectivity index (χ0) is 16.3. The Morgan fingerprint density at radius 2 is 1.91 bits per heavy atom. The highest BCUT2D eigenvalue weighted by Crippen LogP contribution is 2.28. The second kappa shape index (κ2) is 6.79. The number of hydrogen-bond acceptors (Lipinski definition) is 5. The number of rotatable bonds is 5. The van der Waals surface area contributed by atoms with E-state index in [9.17, 15) is 4.79 Å². The summed E-state index contributed by atoms with van der Waals surface area (Å²) in [5.74, 6) is 1.26. The number of likely N-dealkylation sites (N-methyl/N-ethyl adjacent to an activating group) is 1. The topological polar surface area (TPSA) is 51.7 Å². The third kappa shape index (κ3) is 3.39. The van der Waals surface area contributed by atoms with Crippen LogP contribution in [0.3, 0.4) is 0 Å². The van der Waals surface area contributed by atoms with Crippen molar-refractivity contribution in [1.29, 1.82) is 0 Å². The maximum absolute atomic E-state index is 12.4. The van der Waals surface area contributed by atoms with E-state index < -0.39 is 0 Å². The molecule has 1 heterocycles. The Morgan fingerprint density at radius 1 is 1.23 bits per heavy atom. The Labute approximate surface area is 134 Å². The largest absolute Gasteiger partial charge is 0.493 e. The number of benzene rings is 1. The second-order valence-electron chi connectivity index (χ2n) is 4.96. The summed E-state index contributed by atoms with van der Waals surface area (Å²) in [5, 5.41) is 0.723. The van der Waals surface area contributed by atoms with E-state index in [2.05, 4.69) is 4.98 Å². The fraction of sp³-hybridized carbons (Fsp3) is 0.375. The standard InChI is InChI=1S/C16H20N2O3S/c1-10-11(2)22-16(17-10)18(3)15(19)9-12-6-7-13(20-4)14(8-12)21-5/h6-8H,9H2,1-5H3. The van der Waals surface area contributed by atoms with Gasteiger partial charge in [0.15, 0.2) is 16.6 Å². The molecule has 5 nitrogen and oxygen atoms in total. The Hall–Kier alpha value is -2.08. The van der Waals surface area contributed by atoms with Crippen LogP contribution in [0.1, 0.15) is 16.1 Å². The van der Waals surface area contributed by atoms with E-state index in [1.54, 1.807) is 32.2 Å². The van der Waals surface area contributed by atoms with Crippen molar-refractivity contribution in [3.05, 3.63) is 34.3 Å². The number of anilines is 1. The fourth-order valence-electron chi connectivity index (χ4n) is 1.99. The second-order valence-corrected chi connectivity index (χ2v) is 6.14. The molecule has 0 aliphatic rings. The van der Waals surface area contributed by atoms with E-state index >= 15 is 0 Å². The van der Waals surface area contributed by atoms with Gasteiger partial charge < -0.3 is 9.47 Å². The number of thiazole rings is 1. The van der Waals surface area contributed by atoms with Crippen molar-refractivity contribution in [1.82, 2.24) is 4.98 Å². The molecular formula is C16H20N2O3S. The summed E-state index contributed by atoms with van der Waals surface area (Å²) in [4.78, 5) is 19.5. The molecule has 0 N–H and O–H groups in total. The minimum absolute atomic E-state index is 0.0130. The highest BCUT2D eigenvalue weighted by molar-refractivity contribution is 7.15. The summed E-state index contributed by atoms with van der Waals surface area (Å²) in [7, 11) is 4.92. The molecule has 1 aromatic carbocycles. The van der Waals surface area contributed by atoms with E-state index in [1.165, 1.54) is 11.3 Å². The van der Waals surface area contributed by atoms with Crippen LogP contribution in [0, 0.1) is 13.8 Å². The van der Waals surface area contributed by atoms with Gasteiger partial charge in [0.2, 0.25) is 5.91 Å². The van der Waals surface area contributed by atoms with Gasteiger partial charge in [-0.15, -0.1) is 11.3 Å². The summed E-state index contributed by atoms with van der Waals surface area (Å²) in [6.45, 7) is 3.95. The molecule has 0 unspecified atom stereocenters. The molecule has 1 amide bonds. The zero-order valence-electron chi connectivity index (χ0n) is 13.5. The molecular weight excluding hydrogens is 300 g/mol. The van der Waals surface area contributed by atoms with E-state index in [4.69, 9.17) is 9.47 Å². The lowest BCUT2D eigenvalue weighted by Gasteiger charge is -2.14. The van der Waals surface area contributed by atoms with E-state index in [0.29, 0.717) is 11.5 Å². The third-order valence-corrected chi connectivity index (χ3v) is 4.63. The van der Waals surface area contributed by atoms with Crippen LogP contribution in [0.15, 0.2) is 18.2 Å². The first-order valence-corrected chi connectivity index (χ1v) is 7.69. The maximum Gasteiger partial charge on any atom is 0.232 e. The lowest BCUT2D eigenvalue weighted by atomic mass is 10.1. The molecule has 0 saturated heterocycles. The van der Waals surface area contributed by atoms with Gasteiger partial charge in [-0.2, -0.15) is 0 Å². The minimum Gasteiger partial charge on any atom is -0.493 e. The van der Waals surface area contributed by atoms with Crippen molar-refractivity contribution in [2.24, 2.45) is 0 Å². The van der Waals surface area contributed by atoms with Gasteiger partial charge in [-0.05, 0) is 31.5 Å². The molecule has 22 heavy (non-hydrogen) atoms. The number of carbonyl (C=O) groups is 1. The number of aromatic nitrogens is 1. The van der Waals surface area contributed by atoms with Gasteiger partial charge >= 0.3 is 0 Å². The van der Waals surface area contributed by atoms with Crippen molar-refractivity contribution in [3.63, 3.8) is 0 Å². The molecule has 0 aliphatic carbocycles. The van der Waals surface area contributed by atoms with Crippen LogP contribution in [0.2, 0.25) is 0 Å². The van der Waals surface area contributed by atoms with Crippen LogP contribution in [0.25, 0.3) is 0 Å². The molecule has 0 atom stereocenters. The molecule has 118 valence electrons. The molecule has 0 radical (unpaired) electrons. The Bertz CT molecular complexity index is 663. The smallest absolute Gasteiger partial charge is 0.232 e. The SMILES string of the molecule is COc1ccc(CC(=O)N(C)c2nc(C)c(C)s2)cc1OC. The van der Waals surface area contributed by atoms with E-state index in [0.717, 1.165) is 21.3 Å². The quantitative estimate of drug-likeness (QED) is 0.850. The molecule has 0 saturated carbocycles. The number of nitrogens with zero attached hydrogens (tertiary/aromatic N) is 2. The average Bonchev–Trinajstić information content (AvgIpc) is 2.85. The molecule has 0 spiro atoms. The van der Waals surface area contributed by atoms with Crippen molar-refractivity contribution in [2.75, 3.05) is 26.2 Å². The van der Waals surface area contributed by atoms with E-state index in [-0.39, 0.29) is 12.3 Å². The van der Waals surface area contributed by atoms with Crippen LogP contribution in [0.4, 0.5) is 5.13 Å². The van der Waals surface area contributed by atoms with Crippen molar-refractivity contribution >= 4 is 22.4 Å². The van der Waals surface area contributed by atoms with Gasteiger partial charge in [-0.1, -0.05) is 6.07 Å². The normalized spacial score (nSPS) is 10.4. The molecule has 0 bridgehead atoms. The summed E-state index contributed by atoms with van der Waals surface area (Å²) >= 11 is 1.52. The number of hydrogen-bond donors (Lipinski definition) is 0. The predicted octanol–water partition coefficient (Wildman–Crippen LogP) is 2.98. The molecule has 6 heteroatoms. The highest BCUT2D eigenvalue weighted by Gasteiger charge is 2.17. The molecule has 2 rings (SSSR count). The first-order chi connectivity index (χ1) is 10.5. The number of methoxy groups -OCH3 is 2. The van der Waals surface area contributed by atoms with Gasteiger partial charge in [0, 0.05) is 11.9 Å². The molecule has 1 aromatic heterocycles. The van der Waals surface area contributed by atoms with Crippen molar-refractivity contribution < 1.29 is 14.3 Å². The van der Waals surface area contributed by atoms with Crippen molar-refractivity contribution in [2.45, 2.75) is 20.3 Å². The van der Waals surface area contributed by atoms with E-state index in [1.807, 2.05) is 26.0 Å². The van der Waals surface area contributed by atoms with Crippen LogP contribution in [-0.4, -0.2) is 32.2 Å². The Balaban J connectivity index is 2.14. The molecule has 0 fully saturated rings. The number of amides is 1. The number of aryl methyl sites for hydroxylation is 2. The molecule has 0 aliphatic heterocycles. The summed E-state index contributed by atoms with van der Waals surface area (Å²) < 4.78 is 10.5. The first-order valence-electron chi connectivity index (χ1n) is 6.87. The zero-order valence-corrected chi connectivity index (χ0v) is 14.3. The highest BCUT2D eigenvalue weighted by atomic mass is 32.1. The minimum atomic E-state index is -0.0130. The van der Waals surface area contributed by atoms with Gasteiger partial charge in [-0.3, -0.25) is 9.69 Å². The van der Waals surface area contributed by atoms with Gasteiger partial charge in [0.25, 0.3) is 0 Å². The Kier molecular flexibility index (Phi) is 5.03. The third-order valence-electron chi connectivity index (χ3n) is 3.48. The lowest BCUT2D eigenvalue weighted by molar-refractivity contribution is -0.117. The number of carbonyl (C=O) groups excluding carboxylic acids is 1. The molecule has 2 aromatic rings. The first kappa shape index (κ1) is 16.3. The van der Waals surface area contributed by atoms with Gasteiger partial charge in [-0.25, -0.2) is 4.98 Å². The number of ether oxygens (including phenoxy) is 2. The van der Waals surface area contributed by atoms with Crippen LogP contribution >= 0.6 is 11.3 Å². The average molecular weight is 320 g/mol. The summed E-state index contributed by atoms with van der Waals surface area (Å²) in [5.41, 5.74) is 1.84. The summed E-state index contributed by atoms with van der Waals surface area (Å²) in [6, 6.07) is 5.49. The predicted molar refractivity (Wildman–Crippen MR) is 88.2 cm³/mol. The fourth-order valence-corrected chi connectivity index (χ4v) is 2.88. The van der Waals surface area contributed by atoms with Crippen LogP contribution in [-0.2, 0) is 11.2 Å². The Morgan fingerprint density at radius 3 is 2.45 bits per heavy atom. The maximum atomic E-state index is 12.4. The van der Waals surface area contributed by atoms with Crippen molar-refractivity contribution in [3.8, 4) is 11.5 Å². The van der Waals surface area contributed by atoms with Gasteiger partial charge in [0.1, 0.15) is 0 Å². The lowest BCUT2D eigenvalue weighted by Crippen LogP contribution is -2.27. The summed E-state index contributed by atoms with van der Waals surface area (Å²) in [6.07, 6.45) is 0.286. The van der Waals surface area contributed by atoms with Crippen LogP contribution < -0.4 is 14.4 Å². The van der Waals surface area contributed by atoms with Crippen LogP contribution in [0.5, 0.6) is 11.5 Å².